The molecule has 0 aliphatic heterocycles. The second-order valence-electron chi connectivity index (χ2n) is 8.63. The number of hydrogen-bond acceptors (Lipinski definition) is 6. The smallest absolute Gasteiger partial charge is 0.257 e. The van der Waals surface area contributed by atoms with Crippen molar-refractivity contribution in [3.8, 4) is 17.2 Å². The molecule has 0 atom stereocenters. The van der Waals surface area contributed by atoms with Crippen LogP contribution in [0.3, 0.4) is 0 Å². The molecule has 1 aliphatic carbocycles. The molecule has 0 unspecified atom stereocenters. The molecular weight excluding hydrogens is 442 g/mol. The van der Waals surface area contributed by atoms with E-state index in [1.165, 1.54) is 18.4 Å². The SMILES string of the molecule is COc1ccc(-n2c(N)c(C(=O)NCCC3=CCCCC3)c3nc4ccccc4nc32)cc1OC. The van der Waals surface area contributed by atoms with E-state index in [1.54, 1.807) is 24.9 Å². The van der Waals surface area contributed by atoms with Gasteiger partial charge < -0.3 is 20.5 Å². The van der Waals surface area contributed by atoms with Crippen LogP contribution in [0.5, 0.6) is 11.5 Å². The number of para-hydroxylation sites is 2. The Hall–Kier alpha value is -4.07. The van der Waals surface area contributed by atoms with Gasteiger partial charge in [-0.1, -0.05) is 23.8 Å². The van der Waals surface area contributed by atoms with Crippen molar-refractivity contribution in [2.75, 3.05) is 26.5 Å². The van der Waals surface area contributed by atoms with Crippen LogP contribution < -0.4 is 20.5 Å². The van der Waals surface area contributed by atoms with Crippen LogP contribution in [0.2, 0.25) is 0 Å². The first kappa shape index (κ1) is 22.7. The number of nitrogens with one attached hydrogen (secondary N) is 1. The Morgan fingerprint density at radius 3 is 2.54 bits per heavy atom. The second kappa shape index (κ2) is 9.66. The van der Waals surface area contributed by atoms with E-state index in [0.29, 0.717) is 46.0 Å². The number of carbonyl (C=O) groups is 1. The Morgan fingerprint density at radius 2 is 1.83 bits per heavy atom. The van der Waals surface area contributed by atoms with Gasteiger partial charge in [-0.2, -0.15) is 0 Å². The van der Waals surface area contributed by atoms with Gasteiger partial charge in [0.2, 0.25) is 0 Å². The largest absolute Gasteiger partial charge is 0.493 e. The molecule has 8 heteroatoms. The van der Waals surface area contributed by atoms with Crippen LogP contribution in [-0.2, 0) is 0 Å². The summed E-state index contributed by atoms with van der Waals surface area (Å²) in [4.78, 5) is 23.0. The molecule has 0 saturated carbocycles. The summed E-state index contributed by atoms with van der Waals surface area (Å²) >= 11 is 0. The molecule has 5 rings (SSSR count). The van der Waals surface area contributed by atoms with Gasteiger partial charge in [0, 0.05) is 12.6 Å². The number of hydrogen-bond donors (Lipinski definition) is 2. The van der Waals surface area contributed by atoms with Crippen molar-refractivity contribution in [3.63, 3.8) is 0 Å². The maximum absolute atomic E-state index is 13.4. The lowest BCUT2D eigenvalue weighted by molar-refractivity contribution is 0.0956. The molecule has 1 amide bonds. The molecular formula is C27H29N5O3. The van der Waals surface area contributed by atoms with Gasteiger partial charge in [0.1, 0.15) is 16.9 Å². The normalized spacial score (nSPS) is 13.6. The van der Waals surface area contributed by atoms with Gasteiger partial charge in [-0.05, 0) is 56.4 Å². The van der Waals surface area contributed by atoms with E-state index in [1.807, 2.05) is 36.4 Å². The third-order valence-electron chi connectivity index (χ3n) is 6.47. The van der Waals surface area contributed by atoms with E-state index >= 15 is 0 Å². The van der Waals surface area contributed by atoms with Crippen LogP contribution in [0.25, 0.3) is 27.9 Å². The quantitative estimate of drug-likeness (QED) is 0.376. The highest BCUT2D eigenvalue weighted by molar-refractivity contribution is 6.11. The number of anilines is 1. The maximum atomic E-state index is 13.4. The van der Waals surface area contributed by atoms with Gasteiger partial charge in [-0.15, -0.1) is 0 Å². The first-order chi connectivity index (χ1) is 17.1. The van der Waals surface area contributed by atoms with Gasteiger partial charge in [0.15, 0.2) is 17.1 Å². The summed E-state index contributed by atoms with van der Waals surface area (Å²) in [5.41, 5.74) is 11.4. The summed E-state index contributed by atoms with van der Waals surface area (Å²) in [7, 11) is 3.16. The predicted molar refractivity (Wildman–Crippen MR) is 137 cm³/mol. The van der Waals surface area contributed by atoms with Crippen molar-refractivity contribution in [1.29, 1.82) is 0 Å². The highest BCUT2D eigenvalue weighted by Crippen LogP contribution is 2.35. The number of amides is 1. The fraction of sp³-hybridized carbons (Fsp3) is 0.296. The first-order valence-corrected chi connectivity index (χ1v) is 11.9. The van der Waals surface area contributed by atoms with Crippen LogP contribution in [0.4, 0.5) is 5.82 Å². The zero-order chi connectivity index (χ0) is 24.4. The number of rotatable bonds is 7. The number of ether oxygens (including phenoxy) is 2. The Bertz CT molecular complexity index is 1440. The van der Waals surface area contributed by atoms with Crippen LogP contribution in [0.1, 0.15) is 42.5 Å². The fourth-order valence-electron chi connectivity index (χ4n) is 4.67. The molecule has 2 aromatic carbocycles. The standard InChI is InChI=1S/C27H29N5O3/c1-34-21-13-12-18(16-22(21)35-2)32-25(28)23(27(33)29-15-14-17-8-4-3-5-9-17)24-26(32)31-20-11-7-6-10-19(20)30-24/h6-8,10-13,16H,3-5,9,14-15,28H2,1-2H3,(H,29,33). The van der Waals surface area contributed by atoms with Crippen molar-refractivity contribution >= 4 is 33.9 Å². The number of nitrogens with two attached hydrogens (primary N) is 1. The minimum atomic E-state index is -0.257. The summed E-state index contributed by atoms with van der Waals surface area (Å²) in [5.74, 6) is 1.16. The summed E-state index contributed by atoms with van der Waals surface area (Å²) < 4.78 is 12.6. The zero-order valence-electron chi connectivity index (χ0n) is 20.0. The summed E-state index contributed by atoms with van der Waals surface area (Å²) in [6.45, 7) is 0.550. The van der Waals surface area contributed by atoms with E-state index in [-0.39, 0.29) is 11.7 Å². The Labute approximate surface area is 203 Å². The highest BCUT2D eigenvalue weighted by Gasteiger charge is 2.25. The number of allylic oxidation sites excluding steroid dienone is 1. The Morgan fingerprint density at radius 1 is 1.06 bits per heavy atom. The monoisotopic (exact) mass is 471 g/mol. The molecule has 35 heavy (non-hydrogen) atoms. The topological polar surface area (TPSA) is 104 Å². The molecule has 180 valence electrons. The van der Waals surface area contributed by atoms with Gasteiger partial charge in [-0.25, -0.2) is 9.97 Å². The van der Waals surface area contributed by atoms with Crippen LogP contribution in [-0.4, -0.2) is 41.2 Å². The molecule has 0 saturated heterocycles. The van der Waals surface area contributed by atoms with Crippen LogP contribution in [0.15, 0.2) is 54.1 Å². The Balaban J connectivity index is 1.59. The summed E-state index contributed by atoms with van der Waals surface area (Å²) in [6, 6.07) is 13.0. The van der Waals surface area contributed by atoms with Gasteiger partial charge in [0.05, 0.1) is 30.9 Å². The number of methoxy groups -OCH3 is 2. The van der Waals surface area contributed by atoms with Crippen molar-refractivity contribution in [2.45, 2.75) is 32.1 Å². The lowest BCUT2D eigenvalue weighted by Crippen LogP contribution is -2.26. The van der Waals surface area contributed by atoms with Gasteiger partial charge in [0.25, 0.3) is 5.91 Å². The maximum Gasteiger partial charge on any atom is 0.257 e. The van der Waals surface area contributed by atoms with Crippen molar-refractivity contribution in [1.82, 2.24) is 19.9 Å². The van der Waals surface area contributed by atoms with E-state index in [0.717, 1.165) is 24.8 Å². The molecule has 1 aliphatic rings. The van der Waals surface area contributed by atoms with Crippen LogP contribution >= 0.6 is 0 Å². The van der Waals surface area contributed by atoms with E-state index in [9.17, 15) is 4.79 Å². The average Bonchev–Trinajstić information content (AvgIpc) is 3.17. The molecule has 0 radical (unpaired) electrons. The highest BCUT2D eigenvalue weighted by atomic mass is 16.5. The number of nitrogens with zero attached hydrogens (tertiary/aromatic N) is 3. The van der Waals surface area contributed by atoms with E-state index in [4.69, 9.17) is 25.2 Å². The third kappa shape index (κ3) is 4.27. The molecule has 3 N–H and O–H groups in total. The molecule has 8 nitrogen and oxygen atoms in total. The zero-order valence-corrected chi connectivity index (χ0v) is 20.0. The lowest BCUT2D eigenvalue weighted by Gasteiger charge is -2.13. The number of aromatic nitrogens is 3. The van der Waals surface area contributed by atoms with E-state index < -0.39 is 0 Å². The van der Waals surface area contributed by atoms with Crippen molar-refractivity contribution in [3.05, 3.63) is 59.7 Å². The number of nitrogen functional groups attached to an aromatic ring is 1. The summed E-state index contributed by atoms with van der Waals surface area (Å²) in [5, 5.41) is 3.05. The molecule has 0 bridgehead atoms. The van der Waals surface area contributed by atoms with Gasteiger partial charge >= 0.3 is 0 Å². The van der Waals surface area contributed by atoms with Crippen molar-refractivity contribution in [2.24, 2.45) is 0 Å². The number of fused-ring (bicyclic) bond motifs is 2. The molecule has 2 aromatic heterocycles. The van der Waals surface area contributed by atoms with Gasteiger partial charge in [-0.3, -0.25) is 9.36 Å². The molecule has 2 heterocycles. The number of carbonyl (C=O) groups excluding carboxylic acids is 1. The minimum Gasteiger partial charge on any atom is -0.493 e. The first-order valence-electron chi connectivity index (χ1n) is 11.9. The molecule has 0 spiro atoms. The Kier molecular flexibility index (Phi) is 6.27. The third-order valence-corrected chi connectivity index (χ3v) is 6.47. The average molecular weight is 472 g/mol. The molecule has 0 fully saturated rings. The van der Waals surface area contributed by atoms with Crippen LogP contribution in [0, 0.1) is 0 Å². The van der Waals surface area contributed by atoms with Crippen molar-refractivity contribution < 1.29 is 14.3 Å². The fourth-order valence-corrected chi connectivity index (χ4v) is 4.67. The van der Waals surface area contributed by atoms with E-state index in [2.05, 4.69) is 11.4 Å². The molecule has 4 aromatic rings. The second-order valence-corrected chi connectivity index (χ2v) is 8.63. The lowest BCUT2D eigenvalue weighted by atomic mass is 9.97. The predicted octanol–water partition coefficient (Wildman–Crippen LogP) is 4.79. The summed E-state index contributed by atoms with van der Waals surface area (Å²) in [6.07, 6.45) is 7.83. The minimum absolute atomic E-state index is 0.257. The number of benzene rings is 2.